The number of esters is 1. The summed E-state index contributed by atoms with van der Waals surface area (Å²) in [6.07, 6.45) is 0. The van der Waals surface area contributed by atoms with Gasteiger partial charge in [-0.15, -0.1) is 0 Å². The largest absolute Gasteiger partial charge is 0.457 e. The Morgan fingerprint density at radius 2 is 1.75 bits per heavy atom. The molecule has 2 aromatic carbocycles. The predicted molar refractivity (Wildman–Crippen MR) is 78.6 cm³/mol. The third kappa shape index (κ3) is 2.30. The number of aromatic nitrogens is 1. The lowest BCUT2D eigenvalue weighted by molar-refractivity contribution is 0.0474. The smallest absolute Gasteiger partial charge is 0.340 e. The van der Waals surface area contributed by atoms with Crippen molar-refractivity contribution in [3.63, 3.8) is 0 Å². The topological polar surface area (TPSA) is 42.1 Å². The molecule has 100 valence electrons. The van der Waals surface area contributed by atoms with Crippen molar-refractivity contribution in [1.82, 2.24) is 4.98 Å². The first kappa shape index (κ1) is 12.5. The van der Waals surface area contributed by atoms with Gasteiger partial charge in [-0.25, -0.2) is 4.79 Å². The second-order valence-electron chi connectivity index (χ2n) is 4.73. The Balaban J connectivity index is 1.84. The molecule has 0 aliphatic rings. The number of aryl methyl sites for hydroxylation is 1. The average molecular weight is 265 g/mol. The molecule has 0 aliphatic carbocycles. The van der Waals surface area contributed by atoms with Crippen molar-refractivity contribution < 1.29 is 9.53 Å². The van der Waals surface area contributed by atoms with E-state index in [4.69, 9.17) is 4.74 Å². The van der Waals surface area contributed by atoms with Crippen LogP contribution in [0.25, 0.3) is 10.9 Å². The summed E-state index contributed by atoms with van der Waals surface area (Å²) in [5.74, 6) is -0.288. The van der Waals surface area contributed by atoms with Gasteiger partial charge in [-0.2, -0.15) is 0 Å². The Bertz CT molecular complexity index is 744. The van der Waals surface area contributed by atoms with E-state index in [1.807, 2.05) is 61.5 Å². The first-order valence-corrected chi connectivity index (χ1v) is 6.54. The normalized spacial score (nSPS) is 10.7. The summed E-state index contributed by atoms with van der Waals surface area (Å²) in [4.78, 5) is 15.5. The summed E-state index contributed by atoms with van der Waals surface area (Å²) in [6.45, 7) is 2.18. The molecule has 0 aliphatic heterocycles. The van der Waals surface area contributed by atoms with Gasteiger partial charge in [-0.05, 0) is 18.6 Å². The van der Waals surface area contributed by atoms with Crippen LogP contribution in [0.1, 0.15) is 21.6 Å². The van der Waals surface area contributed by atoms with E-state index in [1.54, 1.807) is 0 Å². The fourth-order valence-electron chi connectivity index (χ4n) is 2.33. The zero-order valence-electron chi connectivity index (χ0n) is 11.2. The van der Waals surface area contributed by atoms with Crippen molar-refractivity contribution in [1.29, 1.82) is 0 Å². The lowest BCUT2D eigenvalue weighted by atomic mass is 10.1. The highest BCUT2D eigenvalue weighted by Crippen LogP contribution is 2.22. The molecule has 0 saturated heterocycles. The summed E-state index contributed by atoms with van der Waals surface area (Å²) in [6, 6.07) is 17.4. The van der Waals surface area contributed by atoms with Crippen LogP contribution < -0.4 is 0 Å². The average Bonchev–Trinajstić information content (AvgIpc) is 2.82. The molecule has 3 nitrogen and oxygen atoms in total. The molecule has 0 unspecified atom stereocenters. The van der Waals surface area contributed by atoms with Gasteiger partial charge in [0.25, 0.3) is 0 Å². The van der Waals surface area contributed by atoms with Crippen LogP contribution in [0.4, 0.5) is 0 Å². The van der Waals surface area contributed by atoms with E-state index in [2.05, 4.69) is 4.98 Å². The van der Waals surface area contributed by atoms with E-state index in [0.29, 0.717) is 12.2 Å². The van der Waals surface area contributed by atoms with Gasteiger partial charge in [0, 0.05) is 16.6 Å². The number of hydrogen-bond donors (Lipinski definition) is 1. The predicted octanol–water partition coefficient (Wildman–Crippen LogP) is 3.83. The number of ether oxygens (including phenoxy) is 1. The Morgan fingerprint density at radius 1 is 1.05 bits per heavy atom. The molecular weight excluding hydrogens is 250 g/mol. The molecule has 3 rings (SSSR count). The highest BCUT2D eigenvalue weighted by molar-refractivity contribution is 6.05. The summed E-state index contributed by atoms with van der Waals surface area (Å²) in [5.41, 5.74) is 3.40. The molecule has 0 saturated carbocycles. The van der Waals surface area contributed by atoms with E-state index in [0.717, 1.165) is 22.2 Å². The van der Waals surface area contributed by atoms with Gasteiger partial charge in [0.05, 0.1) is 5.56 Å². The second kappa shape index (κ2) is 5.21. The third-order valence-corrected chi connectivity index (χ3v) is 3.31. The Kier molecular flexibility index (Phi) is 3.25. The van der Waals surface area contributed by atoms with Gasteiger partial charge in [0.1, 0.15) is 6.61 Å². The highest BCUT2D eigenvalue weighted by atomic mass is 16.5. The van der Waals surface area contributed by atoms with Crippen LogP contribution in [0.15, 0.2) is 54.6 Å². The van der Waals surface area contributed by atoms with Crippen LogP contribution in [0.5, 0.6) is 0 Å². The molecular formula is C17H15NO2. The number of H-pyrrole nitrogens is 1. The number of para-hydroxylation sites is 1. The van der Waals surface area contributed by atoms with Crippen LogP contribution in [0, 0.1) is 6.92 Å². The van der Waals surface area contributed by atoms with Crippen molar-refractivity contribution in [2.45, 2.75) is 13.5 Å². The van der Waals surface area contributed by atoms with Crippen LogP contribution in [-0.2, 0) is 11.3 Å². The number of carbonyl (C=O) groups excluding carboxylic acids is 1. The van der Waals surface area contributed by atoms with Gasteiger partial charge in [0.2, 0.25) is 0 Å². The molecule has 0 spiro atoms. The van der Waals surface area contributed by atoms with E-state index >= 15 is 0 Å². The molecule has 0 fully saturated rings. The zero-order chi connectivity index (χ0) is 13.9. The fourth-order valence-corrected chi connectivity index (χ4v) is 2.33. The maximum Gasteiger partial charge on any atom is 0.340 e. The minimum Gasteiger partial charge on any atom is -0.457 e. The Hall–Kier alpha value is -2.55. The number of benzene rings is 2. The standard InChI is InChI=1S/C17H15NO2/c1-12-16(14-9-5-6-10-15(14)18-12)17(19)20-11-13-7-3-2-4-8-13/h2-10,18H,11H2,1H3. The number of hydrogen-bond acceptors (Lipinski definition) is 2. The van der Waals surface area contributed by atoms with E-state index in [-0.39, 0.29) is 5.97 Å². The molecule has 0 radical (unpaired) electrons. The molecule has 3 heteroatoms. The number of rotatable bonds is 3. The minimum absolute atomic E-state index is 0.288. The Labute approximate surface area is 117 Å². The fraction of sp³-hybridized carbons (Fsp3) is 0.118. The summed E-state index contributed by atoms with van der Waals surface area (Å²) in [5, 5.41) is 0.906. The zero-order valence-corrected chi connectivity index (χ0v) is 11.2. The van der Waals surface area contributed by atoms with Crippen LogP contribution in [0.2, 0.25) is 0 Å². The van der Waals surface area contributed by atoms with Crippen LogP contribution >= 0.6 is 0 Å². The number of nitrogens with one attached hydrogen (secondary N) is 1. The van der Waals surface area contributed by atoms with E-state index in [1.165, 1.54) is 0 Å². The monoisotopic (exact) mass is 265 g/mol. The number of aromatic amines is 1. The number of carbonyl (C=O) groups is 1. The van der Waals surface area contributed by atoms with Gasteiger partial charge in [-0.3, -0.25) is 0 Å². The molecule has 1 aromatic heterocycles. The molecule has 1 heterocycles. The Morgan fingerprint density at radius 3 is 2.55 bits per heavy atom. The lowest BCUT2D eigenvalue weighted by Crippen LogP contribution is -2.06. The van der Waals surface area contributed by atoms with E-state index < -0.39 is 0 Å². The minimum atomic E-state index is -0.288. The van der Waals surface area contributed by atoms with E-state index in [9.17, 15) is 4.79 Å². The van der Waals surface area contributed by atoms with Gasteiger partial charge < -0.3 is 9.72 Å². The third-order valence-electron chi connectivity index (χ3n) is 3.31. The maximum absolute atomic E-state index is 12.3. The first-order chi connectivity index (χ1) is 9.75. The summed E-state index contributed by atoms with van der Waals surface area (Å²) >= 11 is 0. The quantitative estimate of drug-likeness (QED) is 0.731. The van der Waals surface area contributed by atoms with Crippen LogP contribution in [-0.4, -0.2) is 11.0 Å². The second-order valence-corrected chi connectivity index (χ2v) is 4.73. The van der Waals surface area contributed by atoms with Crippen molar-refractivity contribution in [3.05, 3.63) is 71.4 Å². The summed E-state index contributed by atoms with van der Waals surface area (Å²) < 4.78 is 5.40. The molecule has 20 heavy (non-hydrogen) atoms. The molecule has 1 N–H and O–H groups in total. The molecule has 0 amide bonds. The van der Waals surface area contributed by atoms with Crippen molar-refractivity contribution >= 4 is 16.9 Å². The van der Waals surface area contributed by atoms with Crippen LogP contribution in [0.3, 0.4) is 0 Å². The summed E-state index contributed by atoms with van der Waals surface area (Å²) in [7, 11) is 0. The molecule has 0 bridgehead atoms. The molecule has 0 atom stereocenters. The van der Waals surface area contributed by atoms with Gasteiger partial charge in [-0.1, -0.05) is 48.5 Å². The van der Waals surface area contributed by atoms with Crippen molar-refractivity contribution in [2.75, 3.05) is 0 Å². The SMILES string of the molecule is Cc1[nH]c2ccccc2c1C(=O)OCc1ccccc1. The van der Waals surface area contributed by atoms with Crippen molar-refractivity contribution in [3.8, 4) is 0 Å². The maximum atomic E-state index is 12.3. The lowest BCUT2D eigenvalue weighted by Gasteiger charge is -2.05. The van der Waals surface area contributed by atoms with Gasteiger partial charge >= 0.3 is 5.97 Å². The molecule has 3 aromatic rings. The number of fused-ring (bicyclic) bond motifs is 1. The highest BCUT2D eigenvalue weighted by Gasteiger charge is 2.16. The van der Waals surface area contributed by atoms with Crippen molar-refractivity contribution in [2.24, 2.45) is 0 Å². The van der Waals surface area contributed by atoms with Gasteiger partial charge in [0.15, 0.2) is 0 Å². The first-order valence-electron chi connectivity index (χ1n) is 6.54.